The van der Waals surface area contributed by atoms with Gasteiger partial charge >= 0.3 is 11.9 Å². The fourth-order valence-electron chi connectivity index (χ4n) is 1.82. The fourth-order valence-corrected chi connectivity index (χ4v) is 1.82. The molecule has 0 bridgehead atoms. The number of hydrogen-bond donors (Lipinski definition) is 3. The van der Waals surface area contributed by atoms with Crippen LogP contribution in [0.25, 0.3) is 0 Å². The molecule has 0 saturated heterocycles. The zero-order chi connectivity index (χ0) is 17.8. The zero-order valence-corrected chi connectivity index (χ0v) is 13.3. The number of aliphatic carboxylic acids is 2. The lowest BCUT2D eigenvalue weighted by Gasteiger charge is -2.24. The van der Waals surface area contributed by atoms with Crippen molar-refractivity contribution < 1.29 is 34.1 Å². The van der Waals surface area contributed by atoms with E-state index in [2.05, 4.69) is 10.1 Å². The average Bonchev–Trinajstić information content (AvgIpc) is 2.40. The maximum atomic E-state index is 11.6. The summed E-state index contributed by atoms with van der Waals surface area (Å²) >= 11 is 0. The number of ether oxygens (including phenoxy) is 1. The fraction of sp³-hybridized carbons (Fsp3) is 0.692. The van der Waals surface area contributed by atoms with Crippen molar-refractivity contribution >= 4 is 23.6 Å². The third-order valence-corrected chi connectivity index (χ3v) is 2.68. The summed E-state index contributed by atoms with van der Waals surface area (Å²) in [6, 6.07) is 0. The number of carboxylic acid groups (broad SMARTS) is 2. The number of nitrogens with one attached hydrogen (secondary N) is 1. The molecule has 0 unspecified atom stereocenters. The van der Waals surface area contributed by atoms with Crippen molar-refractivity contribution in [3.63, 3.8) is 0 Å². The van der Waals surface area contributed by atoms with Crippen molar-refractivity contribution in [2.75, 3.05) is 53.1 Å². The SMILES string of the molecule is COCNC(=O)CN(CCN(CC(C)=O)CC(=O)O)CC(=O)O. The monoisotopic (exact) mass is 333 g/mol. The summed E-state index contributed by atoms with van der Waals surface area (Å²) in [5, 5.41) is 20.1. The van der Waals surface area contributed by atoms with E-state index in [0.717, 1.165) is 0 Å². The van der Waals surface area contributed by atoms with Crippen LogP contribution in [0.4, 0.5) is 0 Å². The number of methoxy groups -OCH3 is 1. The van der Waals surface area contributed by atoms with Crippen LogP contribution in [0.2, 0.25) is 0 Å². The van der Waals surface area contributed by atoms with Crippen LogP contribution < -0.4 is 5.32 Å². The van der Waals surface area contributed by atoms with Crippen molar-refractivity contribution in [3.8, 4) is 0 Å². The summed E-state index contributed by atoms with van der Waals surface area (Å²) in [5.74, 6) is -2.81. The van der Waals surface area contributed by atoms with E-state index in [1.165, 1.54) is 23.8 Å². The molecular formula is C13H23N3O7. The second-order valence-electron chi connectivity index (χ2n) is 4.94. The highest BCUT2D eigenvalue weighted by Gasteiger charge is 2.17. The van der Waals surface area contributed by atoms with Crippen LogP contribution in [0.1, 0.15) is 6.92 Å². The average molecular weight is 333 g/mol. The number of amides is 1. The van der Waals surface area contributed by atoms with Gasteiger partial charge in [-0.1, -0.05) is 0 Å². The number of carbonyl (C=O) groups excluding carboxylic acids is 2. The van der Waals surface area contributed by atoms with Crippen molar-refractivity contribution in [1.82, 2.24) is 15.1 Å². The molecule has 3 N–H and O–H groups in total. The van der Waals surface area contributed by atoms with Crippen LogP contribution in [0.3, 0.4) is 0 Å². The summed E-state index contributed by atoms with van der Waals surface area (Å²) in [7, 11) is 1.40. The van der Waals surface area contributed by atoms with Gasteiger partial charge in [-0.25, -0.2) is 0 Å². The van der Waals surface area contributed by atoms with Crippen LogP contribution in [-0.4, -0.2) is 96.8 Å². The molecule has 132 valence electrons. The minimum Gasteiger partial charge on any atom is -0.480 e. The van der Waals surface area contributed by atoms with E-state index in [1.807, 2.05) is 0 Å². The molecule has 0 aromatic carbocycles. The third kappa shape index (κ3) is 12.2. The molecule has 23 heavy (non-hydrogen) atoms. The lowest BCUT2D eigenvalue weighted by molar-refractivity contribution is -0.141. The van der Waals surface area contributed by atoms with Gasteiger partial charge in [0.2, 0.25) is 5.91 Å². The molecule has 1 amide bonds. The second-order valence-corrected chi connectivity index (χ2v) is 4.94. The number of hydrogen-bond acceptors (Lipinski definition) is 7. The number of rotatable bonds is 13. The van der Waals surface area contributed by atoms with Gasteiger partial charge in [0.05, 0.1) is 26.2 Å². The van der Waals surface area contributed by atoms with E-state index in [1.54, 1.807) is 0 Å². The summed E-state index contributed by atoms with van der Waals surface area (Å²) in [5.41, 5.74) is 0. The first kappa shape index (κ1) is 21.0. The van der Waals surface area contributed by atoms with E-state index in [9.17, 15) is 19.2 Å². The third-order valence-electron chi connectivity index (χ3n) is 2.68. The Labute approximate surface area is 134 Å². The molecule has 10 nitrogen and oxygen atoms in total. The Morgan fingerprint density at radius 3 is 1.78 bits per heavy atom. The van der Waals surface area contributed by atoms with Crippen molar-refractivity contribution in [3.05, 3.63) is 0 Å². The summed E-state index contributed by atoms with van der Waals surface area (Å²) in [6.45, 7) is 0.693. The first-order valence-electron chi connectivity index (χ1n) is 6.88. The Morgan fingerprint density at radius 2 is 1.39 bits per heavy atom. The van der Waals surface area contributed by atoms with Gasteiger partial charge in [-0.2, -0.15) is 0 Å². The Morgan fingerprint density at radius 1 is 0.913 bits per heavy atom. The summed E-state index contributed by atoms with van der Waals surface area (Å²) in [4.78, 5) is 47.1. The van der Waals surface area contributed by atoms with Crippen LogP contribution in [-0.2, 0) is 23.9 Å². The minimum atomic E-state index is -1.11. The predicted molar refractivity (Wildman–Crippen MR) is 78.9 cm³/mol. The summed E-state index contributed by atoms with van der Waals surface area (Å²) < 4.78 is 4.68. The maximum Gasteiger partial charge on any atom is 0.317 e. The minimum absolute atomic E-state index is 0.00915. The largest absolute Gasteiger partial charge is 0.480 e. The van der Waals surface area contributed by atoms with Gasteiger partial charge in [0.15, 0.2) is 0 Å². The number of carboxylic acids is 2. The summed E-state index contributed by atoms with van der Waals surface area (Å²) in [6.07, 6.45) is 0. The Balaban J connectivity index is 4.59. The first-order chi connectivity index (χ1) is 10.7. The topological polar surface area (TPSA) is 136 Å². The Kier molecular flexibility index (Phi) is 10.5. The molecular weight excluding hydrogens is 310 g/mol. The van der Waals surface area contributed by atoms with Gasteiger partial charge < -0.3 is 20.3 Å². The molecule has 0 aromatic rings. The predicted octanol–water partition coefficient (Wildman–Crippen LogP) is -1.93. The van der Waals surface area contributed by atoms with Crippen LogP contribution in [0.5, 0.6) is 0 Å². The molecule has 0 atom stereocenters. The zero-order valence-electron chi connectivity index (χ0n) is 13.3. The van der Waals surface area contributed by atoms with Gasteiger partial charge in [0.1, 0.15) is 12.5 Å². The highest BCUT2D eigenvalue weighted by Crippen LogP contribution is 1.95. The molecule has 0 aliphatic heterocycles. The number of ketones is 1. The first-order valence-corrected chi connectivity index (χ1v) is 6.88. The highest BCUT2D eigenvalue weighted by atomic mass is 16.5. The number of Topliss-reactive ketones (excluding diaryl/α,β-unsaturated/α-hetero) is 1. The van der Waals surface area contributed by atoms with E-state index in [4.69, 9.17) is 10.2 Å². The quantitative estimate of drug-likeness (QED) is 0.329. The van der Waals surface area contributed by atoms with Crippen molar-refractivity contribution in [1.29, 1.82) is 0 Å². The Hall–Kier alpha value is -2.04. The molecule has 0 aliphatic carbocycles. The molecule has 0 radical (unpaired) electrons. The van der Waals surface area contributed by atoms with Gasteiger partial charge in [-0.05, 0) is 6.92 Å². The molecule has 0 heterocycles. The number of nitrogens with zero attached hydrogens (tertiary/aromatic N) is 2. The molecule has 0 fully saturated rings. The number of carbonyl (C=O) groups is 4. The highest BCUT2D eigenvalue weighted by molar-refractivity contribution is 5.79. The Bertz CT molecular complexity index is 412. The molecule has 10 heteroatoms. The standard InChI is InChI=1S/C13H23N3O7/c1-10(17)5-15(7-12(19)20)3-4-16(8-13(21)22)6-11(18)14-9-23-2/h3-9H2,1-2H3,(H,14,18)(H,19,20)(H,21,22). The van der Waals surface area contributed by atoms with Gasteiger partial charge in [-0.3, -0.25) is 29.0 Å². The van der Waals surface area contributed by atoms with Crippen LogP contribution >= 0.6 is 0 Å². The molecule has 0 aromatic heterocycles. The van der Waals surface area contributed by atoms with Crippen molar-refractivity contribution in [2.45, 2.75) is 6.92 Å². The van der Waals surface area contributed by atoms with Crippen LogP contribution in [0.15, 0.2) is 0 Å². The van der Waals surface area contributed by atoms with Crippen LogP contribution in [0, 0.1) is 0 Å². The van der Waals surface area contributed by atoms with E-state index < -0.39 is 17.8 Å². The normalized spacial score (nSPS) is 10.8. The van der Waals surface area contributed by atoms with Gasteiger partial charge in [0, 0.05) is 20.2 Å². The van der Waals surface area contributed by atoms with E-state index in [-0.39, 0.29) is 51.8 Å². The van der Waals surface area contributed by atoms with Gasteiger partial charge in [-0.15, -0.1) is 0 Å². The maximum absolute atomic E-state index is 11.6. The smallest absolute Gasteiger partial charge is 0.317 e. The molecule has 0 saturated carbocycles. The lowest BCUT2D eigenvalue weighted by Crippen LogP contribution is -2.45. The van der Waals surface area contributed by atoms with E-state index >= 15 is 0 Å². The van der Waals surface area contributed by atoms with Crippen molar-refractivity contribution in [2.24, 2.45) is 0 Å². The molecule has 0 aliphatic rings. The lowest BCUT2D eigenvalue weighted by atomic mass is 10.3. The van der Waals surface area contributed by atoms with Gasteiger partial charge in [0.25, 0.3) is 0 Å². The molecule has 0 rings (SSSR count). The van der Waals surface area contributed by atoms with E-state index in [0.29, 0.717) is 0 Å². The second kappa shape index (κ2) is 11.5. The molecule has 0 spiro atoms.